The molecule has 1 unspecified atom stereocenters. The van der Waals surface area contributed by atoms with E-state index in [1.807, 2.05) is 0 Å². The van der Waals surface area contributed by atoms with Gasteiger partial charge in [0.25, 0.3) is 0 Å². The summed E-state index contributed by atoms with van der Waals surface area (Å²) >= 11 is 0. The normalized spacial score (nSPS) is 16.6. The van der Waals surface area contributed by atoms with Crippen LogP contribution in [0.4, 0.5) is 17.1 Å². The number of nitrogens with zero attached hydrogens (tertiary/aromatic N) is 2. The molecule has 0 saturated heterocycles. The van der Waals surface area contributed by atoms with Gasteiger partial charge in [0, 0.05) is 33.2 Å². The van der Waals surface area contributed by atoms with Gasteiger partial charge in [0.05, 0.1) is 22.1 Å². The van der Waals surface area contributed by atoms with Crippen LogP contribution in [0.3, 0.4) is 0 Å². The van der Waals surface area contributed by atoms with Crippen molar-refractivity contribution in [3.8, 4) is 27.9 Å². The molecule has 0 fully saturated rings. The van der Waals surface area contributed by atoms with Crippen LogP contribution >= 0.6 is 0 Å². The highest BCUT2D eigenvalue weighted by molar-refractivity contribution is 6.13. The fraction of sp³-hybridized carbons (Fsp3) is 0.0769. The monoisotopic (exact) mass is 688 g/mol. The molecule has 2 nitrogen and oxygen atoms in total. The van der Waals surface area contributed by atoms with Crippen molar-refractivity contribution >= 4 is 38.9 Å². The van der Waals surface area contributed by atoms with Gasteiger partial charge in [-0.15, -0.1) is 0 Å². The van der Waals surface area contributed by atoms with Crippen LogP contribution in [0.25, 0.3) is 49.7 Å². The van der Waals surface area contributed by atoms with Gasteiger partial charge in [-0.25, -0.2) is 0 Å². The van der Waals surface area contributed by atoms with Crippen molar-refractivity contribution in [3.63, 3.8) is 0 Å². The molecule has 254 valence electrons. The maximum Gasteiger partial charge on any atom is 0.0755 e. The highest BCUT2D eigenvalue weighted by Crippen LogP contribution is 2.62. The molecule has 54 heavy (non-hydrogen) atoms. The molecule has 0 bridgehead atoms. The van der Waals surface area contributed by atoms with E-state index in [0.717, 1.165) is 17.1 Å². The minimum absolute atomic E-state index is 0.100. The number of benzene rings is 8. The molecule has 0 amide bonds. The molecule has 1 aliphatic heterocycles. The van der Waals surface area contributed by atoms with Crippen LogP contribution in [-0.2, 0) is 10.8 Å². The Labute approximate surface area is 315 Å². The Kier molecular flexibility index (Phi) is 5.81. The van der Waals surface area contributed by atoms with E-state index < -0.39 is 5.41 Å². The lowest BCUT2D eigenvalue weighted by Gasteiger charge is -2.40. The summed E-state index contributed by atoms with van der Waals surface area (Å²) in [6, 6.07) is 68.2. The number of aromatic nitrogens is 1. The summed E-state index contributed by atoms with van der Waals surface area (Å²) in [4.78, 5) is 2.46. The molecule has 9 aromatic rings. The lowest BCUT2D eigenvalue weighted by molar-refractivity contribution is 0.660. The summed E-state index contributed by atoms with van der Waals surface area (Å²) < 4.78 is 2.52. The average molecular weight is 689 g/mol. The van der Waals surface area contributed by atoms with Crippen LogP contribution in [0, 0.1) is 0 Å². The SMILES string of the molecule is CC1(C)c2ccccc2-c2ccc(N(c3ccccc3)c3ccc4c(c3)C3(c5ccccc5-4)c4ccccc4-n4c5ccccc5c5cccc3c54)cc21. The van der Waals surface area contributed by atoms with Crippen molar-refractivity contribution in [1.29, 1.82) is 0 Å². The largest absolute Gasteiger partial charge is 0.310 e. The van der Waals surface area contributed by atoms with Crippen LogP contribution in [0.2, 0.25) is 0 Å². The number of hydrogen-bond acceptors (Lipinski definition) is 1. The summed E-state index contributed by atoms with van der Waals surface area (Å²) in [5, 5.41) is 2.59. The van der Waals surface area contributed by atoms with Gasteiger partial charge >= 0.3 is 0 Å². The second-order valence-corrected chi connectivity index (χ2v) is 15.7. The average Bonchev–Trinajstić information content (AvgIpc) is 3.80. The molecule has 2 heteroatoms. The maximum atomic E-state index is 2.52. The van der Waals surface area contributed by atoms with Crippen molar-refractivity contribution in [3.05, 3.63) is 215 Å². The molecule has 1 aromatic heterocycles. The zero-order valence-electron chi connectivity index (χ0n) is 30.2. The summed E-state index contributed by atoms with van der Waals surface area (Å²) in [6.45, 7) is 4.73. The third kappa shape index (κ3) is 3.60. The molecular formula is C52H36N2. The van der Waals surface area contributed by atoms with Gasteiger partial charge in [0.2, 0.25) is 0 Å². The van der Waals surface area contributed by atoms with Gasteiger partial charge in [0.15, 0.2) is 0 Å². The fourth-order valence-corrected chi connectivity index (χ4v) is 10.5. The van der Waals surface area contributed by atoms with Gasteiger partial charge < -0.3 is 9.47 Å². The van der Waals surface area contributed by atoms with Crippen molar-refractivity contribution in [2.75, 3.05) is 4.90 Å². The first-order chi connectivity index (χ1) is 26.6. The van der Waals surface area contributed by atoms with E-state index in [1.165, 1.54) is 83.1 Å². The van der Waals surface area contributed by atoms with Gasteiger partial charge in [0.1, 0.15) is 0 Å². The quantitative estimate of drug-likeness (QED) is 0.179. The molecule has 0 saturated carbocycles. The molecule has 1 atom stereocenters. The zero-order chi connectivity index (χ0) is 35.8. The summed E-state index contributed by atoms with van der Waals surface area (Å²) in [5.41, 5.74) is 20.0. The van der Waals surface area contributed by atoms with Crippen LogP contribution in [0.5, 0.6) is 0 Å². The Morgan fingerprint density at radius 3 is 1.74 bits per heavy atom. The van der Waals surface area contributed by atoms with Crippen molar-refractivity contribution in [2.24, 2.45) is 0 Å². The Bertz CT molecular complexity index is 3040. The number of hydrogen-bond donors (Lipinski definition) is 0. The molecule has 1 spiro atoms. The van der Waals surface area contributed by atoms with E-state index in [4.69, 9.17) is 0 Å². The highest BCUT2D eigenvalue weighted by Gasteiger charge is 2.51. The van der Waals surface area contributed by atoms with Crippen molar-refractivity contribution in [1.82, 2.24) is 4.57 Å². The highest BCUT2D eigenvalue weighted by atomic mass is 15.1. The van der Waals surface area contributed by atoms with Crippen molar-refractivity contribution < 1.29 is 0 Å². The first-order valence-electron chi connectivity index (χ1n) is 19.0. The smallest absolute Gasteiger partial charge is 0.0755 e. The Hall–Kier alpha value is -6.64. The zero-order valence-corrected chi connectivity index (χ0v) is 30.2. The Balaban J connectivity index is 1.16. The molecule has 2 heterocycles. The predicted molar refractivity (Wildman–Crippen MR) is 224 cm³/mol. The number of para-hydroxylation sites is 4. The van der Waals surface area contributed by atoms with Crippen LogP contribution in [0.1, 0.15) is 47.2 Å². The molecule has 0 N–H and O–H groups in total. The topological polar surface area (TPSA) is 8.17 Å². The number of anilines is 3. The predicted octanol–water partition coefficient (Wildman–Crippen LogP) is 13.2. The minimum Gasteiger partial charge on any atom is -0.310 e. The third-order valence-corrected chi connectivity index (χ3v) is 12.8. The second kappa shape index (κ2) is 10.5. The van der Waals surface area contributed by atoms with E-state index in [1.54, 1.807) is 0 Å². The van der Waals surface area contributed by atoms with E-state index in [2.05, 4.69) is 205 Å². The van der Waals surface area contributed by atoms with E-state index in [0.29, 0.717) is 0 Å². The van der Waals surface area contributed by atoms with Crippen LogP contribution < -0.4 is 4.90 Å². The van der Waals surface area contributed by atoms with E-state index in [9.17, 15) is 0 Å². The maximum absolute atomic E-state index is 2.52. The molecule has 12 rings (SSSR count). The van der Waals surface area contributed by atoms with Crippen LogP contribution in [0.15, 0.2) is 182 Å². The lowest BCUT2D eigenvalue weighted by atomic mass is 9.65. The first-order valence-corrected chi connectivity index (χ1v) is 19.0. The third-order valence-electron chi connectivity index (χ3n) is 12.8. The minimum atomic E-state index is -0.508. The number of rotatable bonds is 3. The van der Waals surface area contributed by atoms with Gasteiger partial charge in [-0.2, -0.15) is 0 Å². The number of fused-ring (bicyclic) bond motifs is 15. The van der Waals surface area contributed by atoms with Crippen molar-refractivity contribution in [2.45, 2.75) is 24.7 Å². The van der Waals surface area contributed by atoms with Crippen LogP contribution in [-0.4, -0.2) is 4.57 Å². The standard InChI is InChI=1S/C52H36N2/c1-51(2)42-21-9-6-17-36(42)38-29-27-34(31-46(38)51)53(33-15-4-3-5-16-33)35-28-30-39-37-18-7-10-22-43(37)52(47(39)32-35)44-23-11-13-26-49(44)54-48-25-12-8-19-40(48)41-20-14-24-45(52)50(41)54/h3-32H,1-2H3. The van der Waals surface area contributed by atoms with Gasteiger partial charge in [-0.05, 0) is 104 Å². The summed E-state index contributed by atoms with van der Waals surface area (Å²) in [7, 11) is 0. The Morgan fingerprint density at radius 1 is 0.389 bits per heavy atom. The lowest BCUT2D eigenvalue weighted by Crippen LogP contribution is -2.33. The summed E-state index contributed by atoms with van der Waals surface area (Å²) in [5.74, 6) is 0. The molecule has 3 aliphatic rings. The van der Waals surface area contributed by atoms with Gasteiger partial charge in [-0.1, -0.05) is 147 Å². The van der Waals surface area contributed by atoms with Gasteiger partial charge in [-0.3, -0.25) is 0 Å². The Morgan fingerprint density at radius 2 is 0.944 bits per heavy atom. The first kappa shape index (κ1) is 29.9. The second-order valence-electron chi connectivity index (χ2n) is 15.7. The fourth-order valence-electron chi connectivity index (χ4n) is 10.5. The van der Waals surface area contributed by atoms with E-state index in [-0.39, 0.29) is 5.41 Å². The molecule has 8 aromatic carbocycles. The molecular weight excluding hydrogens is 653 g/mol. The van der Waals surface area contributed by atoms with E-state index >= 15 is 0 Å². The molecule has 0 radical (unpaired) electrons. The summed E-state index contributed by atoms with van der Waals surface area (Å²) in [6.07, 6.45) is 0. The molecule has 2 aliphatic carbocycles.